The van der Waals surface area contributed by atoms with Gasteiger partial charge in [-0.2, -0.15) is 0 Å². The number of hydrogen-bond acceptors (Lipinski definition) is 3. The standard InChI is InChI=1S/C11H18N2S/c1-4-12-6-10(9(2)3)5-11-7-14-8-13-11/h5,7-9,12H,4,6H2,1-3H3. The van der Waals surface area contributed by atoms with E-state index in [2.05, 4.69) is 42.5 Å². The van der Waals surface area contributed by atoms with E-state index in [0.29, 0.717) is 5.92 Å². The van der Waals surface area contributed by atoms with Gasteiger partial charge < -0.3 is 5.32 Å². The van der Waals surface area contributed by atoms with Gasteiger partial charge in [0.25, 0.3) is 0 Å². The SMILES string of the molecule is CCNCC(=Cc1cscn1)C(C)C. The van der Waals surface area contributed by atoms with Crippen LogP contribution in [0.25, 0.3) is 6.08 Å². The average Bonchev–Trinajstić information content (AvgIpc) is 2.64. The molecule has 14 heavy (non-hydrogen) atoms. The molecule has 0 aliphatic carbocycles. The molecule has 0 aromatic carbocycles. The molecule has 1 aromatic rings. The van der Waals surface area contributed by atoms with Gasteiger partial charge in [-0.3, -0.25) is 0 Å². The van der Waals surface area contributed by atoms with E-state index in [9.17, 15) is 0 Å². The van der Waals surface area contributed by atoms with Crippen LogP contribution in [0.15, 0.2) is 16.5 Å². The lowest BCUT2D eigenvalue weighted by molar-refractivity contribution is 0.682. The van der Waals surface area contributed by atoms with Gasteiger partial charge in [0.2, 0.25) is 0 Å². The third-order valence-corrected chi connectivity index (χ3v) is 2.71. The molecule has 0 saturated heterocycles. The lowest BCUT2D eigenvalue weighted by Crippen LogP contribution is -2.18. The molecule has 2 nitrogen and oxygen atoms in total. The Bertz CT molecular complexity index is 275. The molecule has 0 amide bonds. The Hall–Kier alpha value is -0.670. The predicted molar refractivity (Wildman–Crippen MR) is 63.5 cm³/mol. The van der Waals surface area contributed by atoms with Crippen molar-refractivity contribution in [3.63, 3.8) is 0 Å². The van der Waals surface area contributed by atoms with Gasteiger partial charge in [0.15, 0.2) is 0 Å². The van der Waals surface area contributed by atoms with Crippen LogP contribution in [-0.2, 0) is 0 Å². The number of likely N-dealkylation sites (N-methyl/N-ethyl adjacent to an activating group) is 1. The molecule has 0 radical (unpaired) electrons. The monoisotopic (exact) mass is 210 g/mol. The summed E-state index contributed by atoms with van der Waals surface area (Å²) in [6.07, 6.45) is 2.18. The zero-order valence-electron chi connectivity index (χ0n) is 9.08. The predicted octanol–water partition coefficient (Wildman–Crippen LogP) is 2.79. The van der Waals surface area contributed by atoms with Gasteiger partial charge in [-0.15, -0.1) is 11.3 Å². The Morgan fingerprint density at radius 1 is 1.64 bits per heavy atom. The third kappa shape index (κ3) is 3.60. The maximum Gasteiger partial charge on any atom is 0.0798 e. The lowest BCUT2D eigenvalue weighted by Gasteiger charge is -2.11. The Morgan fingerprint density at radius 3 is 2.93 bits per heavy atom. The van der Waals surface area contributed by atoms with Crippen LogP contribution in [-0.4, -0.2) is 18.1 Å². The van der Waals surface area contributed by atoms with E-state index in [1.807, 2.05) is 5.51 Å². The Morgan fingerprint density at radius 2 is 2.43 bits per heavy atom. The van der Waals surface area contributed by atoms with Crippen molar-refractivity contribution in [1.29, 1.82) is 0 Å². The fourth-order valence-electron chi connectivity index (χ4n) is 1.17. The molecule has 0 aliphatic heterocycles. The van der Waals surface area contributed by atoms with Crippen LogP contribution in [0.4, 0.5) is 0 Å². The summed E-state index contributed by atoms with van der Waals surface area (Å²) in [5, 5.41) is 5.43. The summed E-state index contributed by atoms with van der Waals surface area (Å²) >= 11 is 1.64. The van der Waals surface area contributed by atoms with Crippen molar-refractivity contribution in [2.75, 3.05) is 13.1 Å². The van der Waals surface area contributed by atoms with Crippen molar-refractivity contribution >= 4 is 17.4 Å². The zero-order chi connectivity index (χ0) is 10.4. The van der Waals surface area contributed by atoms with Crippen LogP contribution in [0, 0.1) is 5.92 Å². The van der Waals surface area contributed by atoms with Crippen molar-refractivity contribution in [3.05, 3.63) is 22.2 Å². The van der Waals surface area contributed by atoms with E-state index >= 15 is 0 Å². The number of thiazole rings is 1. The molecular formula is C11H18N2S. The molecule has 78 valence electrons. The maximum atomic E-state index is 4.26. The Kier molecular flexibility index (Phi) is 4.84. The molecule has 0 spiro atoms. The van der Waals surface area contributed by atoms with Crippen molar-refractivity contribution in [2.45, 2.75) is 20.8 Å². The second-order valence-electron chi connectivity index (χ2n) is 3.57. The van der Waals surface area contributed by atoms with Crippen molar-refractivity contribution in [3.8, 4) is 0 Å². The van der Waals surface area contributed by atoms with Crippen molar-refractivity contribution < 1.29 is 0 Å². The van der Waals surface area contributed by atoms with Crippen LogP contribution < -0.4 is 5.32 Å². The first-order valence-electron chi connectivity index (χ1n) is 5.03. The first kappa shape index (κ1) is 11.4. The molecule has 0 aliphatic rings. The van der Waals surface area contributed by atoms with Crippen LogP contribution in [0.2, 0.25) is 0 Å². The maximum absolute atomic E-state index is 4.26. The van der Waals surface area contributed by atoms with Gasteiger partial charge in [0.05, 0.1) is 11.2 Å². The molecule has 0 unspecified atom stereocenters. The molecule has 0 bridgehead atoms. The summed E-state index contributed by atoms with van der Waals surface area (Å²) in [5.41, 5.74) is 4.37. The lowest BCUT2D eigenvalue weighted by atomic mass is 10.0. The molecule has 1 rings (SSSR count). The molecule has 0 atom stereocenters. The summed E-state index contributed by atoms with van der Waals surface area (Å²) in [5.74, 6) is 0.579. The quantitative estimate of drug-likeness (QED) is 0.808. The second kappa shape index (κ2) is 5.94. The number of rotatable bonds is 5. The number of nitrogens with one attached hydrogen (secondary N) is 1. The first-order valence-corrected chi connectivity index (χ1v) is 5.97. The molecule has 1 N–H and O–H groups in total. The Balaban J connectivity index is 2.67. The van der Waals surface area contributed by atoms with Gasteiger partial charge in [0.1, 0.15) is 0 Å². The van der Waals surface area contributed by atoms with Crippen LogP contribution in [0.5, 0.6) is 0 Å². The minimum absolute atomic E-state index is 0.579. The van der Waals surface area contributed by atoms with E-state index in [1.54, 1.807) is 11.3 Å². The molecule has 0 saturated carbocycles. The summed E-state index contributed by atoms with van der Waals surface area (Å²) in [4.78, 5) is 4.26. The molecule has 1 heterocycles. The van der Waals surface area contributed by atoms with E-state index in [0.717, 1.165) is 18.8 Å². The minimum atomic E-state index is 0.579. The summed E-state index contributed by atoms with van der Waals surface area (Å²) < 4.78 is 0. The molecular weight excluding hydrogens is 192 g/mol. The van der Waals surface area contributed by atoms with Crippen molar-refractivity contribution in [1.82, 2.24) is 10.3 Å². The Labute approximate surface area is 90.1 Å². The second-order valence-corrected chi connectivity index (χ2v) is 4.29. The fourth-order valence-corrected chi connectivity index (χ4v) is 1.69. The molecule has 1 aromatic heterocycles. The van der Waals surface area contributed by atoms with Gasteiger partial charge in [-0.25, -0.2) is 4.98 Å². The smallest absolute Gasteiger partial charge is 0.0798 e. The summed E-state index contributed by atoms with van der Waals surface area (Å²) in [7, 11) is 0. The fraction of sp³-hybridized carbons (Fsp3) is 0.545. The van der Waals surface area contributed by atoms with E-state index in [1.165, 1.54) is 5.57 Å². The first-order chi connectivity index (χ1) is 6.74. The molecule has 3 heteroatoms. The highest BCUT2D eigenvalue weighted by Crippen LogP contribution is 2.13. The van der Waals surface area contributed by atoms with E-state index in [4.69, 9.17) is 0 Å². The number of hydrogen-bond donors (Lipinski definition) is 1. The topological polar surface area (TPSA) is 24.9 Å². The average molecular weight is 210 g/mol. The number of aromatic nitrogens is 1. The molecule has 0 fully saturated rings. The summed E-state index contributed by atoms with van der Waals surface area (Å²) in [6.45, 7) is 8.54. The highest BCUT2D eigenvalue weighted by molar-refractivity contribution is 7.07. The van der Waals surface area contributed by atoms with Gasteiger partial charge >= 0.3 is 0 Å². The van der Waals surface area contributed by atoms with E-state index < -0.39 is 0 Å². The zero-order valence-corrected chi connectivity index (χ0v) is 9.90. The highest BCUT2D eigenvalue weighted by atomic mass is 32.1. The van der Waals surface area contributed by atoms with Crippen LogP contribution in [0.1, 0.15) is 26.5 Å². The normalized spacial score (nSPS) is 12.4. The van der Waals surface area contributed by atoms with Crippen molar-refractivity contribution in [2.24, 2.45) is 5.92 Å². The van der Waals surface area contributed by atoms with Crippen LogP contribution in [0.3, 0.4) is 0 Å². The van der Waals surface area contributed by atoms with Gasteiger partial charge in [0, 0.05) is 11.9 Å². The van der Waals surface area contributed by atoms with Gasteiger partial charge in [-0.1, -0.05) is 26.3 Å². The number of nitrogens with zero attached hydrogens (tertiary/aromatic N) is 1. The van der Waals surface area contributed by atoms with Gasteiger partial charge in [-0.05, 0) is 18.5 Å². The third-order valence-electron chi connectivity index (χ3n) is 2.11. The van der Waals surface area contributed by atoms with Crippen LogP contribution >= 0.6 is 11.3 Å². The minimum Gasteiger partial charge on any atom is -0.313 e. The highest BCUT2D eigenvalue weighted by Gasteiger charge is 2.03. The summed E-state index contributed by atoms with van der Waals surface area (Å²) in [6, 6.07) is 0. The largest absolute Gasteiger partial charge is 0.313 e. The van der Waals surface area contributed by atoms with E-state index in [-0.39, 0.29) is 0 Å².